The van der Waals surface area contributed by atoms with Gasteiger partial charge in [-0.2, -0.15) is 11.8 Å². The fourth-order valence-corrected chi connectivity index (χ4v) is 2.89. The number of aliphatic hydroxyl groups is 1. The van der Waals surface area contributed by atoms with E-state index in [1.54, 1.807) is 0 Å². The second kappa shape index (κ2) is 5.90. The summed E-state index contributed by atoms with van der Waals surface area (Å²) in [6, 6.07) is 0. The maximum atomic E-state index is 8.59. The number of unbranched alkanes of at least 4 members (excludes halogenated alkanes) is 1. The Morgan fingerprint density at radius 2 is 2.18 bits per heavy atom. The smallest absolute Gasteiger partial charge is 0.0431 e. The van der Waals surface area contributed by atoms with Gasteiger partial charge in [0.25, 0.3) is 0 Å². The van der Waals surface area contributed by atoms with Crippen LogP contribution < -0.4 is 0 Å². The lowest BCUT2D eigenvalue weighted by atomic mass is 10.1. The van der Waals surface area contributed by atoms with Crippen LogP contribution in [0.15, 0.2) is 0 Å². The molecule has 1 heterocycles. The van der Waals surface area contributed by atoms with Crippen molar-refractivity contribution in [2.45, 2.75) is 43.8 Å². The van der Waals surface area contributed by atoms with E-state index in [0.29, 0.717) is 6.61 Å². The van der Waals surface area contributed by atoms with Gasteiger partial charge < -0.3 is 5.11 Å². The average molecular weight is 174 g/mol. The monoisotopic (exact) mass is 174 g/mol. The third-order valence-corrected chi connectivity index (χ3v) is 3.68. The predicted molar refractivity (Wildman–Crippen MR) is 51.0 cm³/mol. The summed E-state index contributed by atoms with van der Waals surface area (Å²) in [6.07, 6.45) is 7.80. The van der Waals surface area contributed by atoms with Gasteiger partial charge in [0.05, 0.1) is 0 Å². The first-order valence-corrected chi connectivity index (χ1v) is 5.71. The van der Waals surface area contributed by atoms with Crippen molar-refractivity contribution >= 4 is 11.8 Å². The minimum Gasteiger partial charge on any atom is -0.396 e. The van der Waals surface area contributed by atoms with Gasteiger partial charge >= 0.3 is 0 Å². The molecule has 0 amide bonds. The van der Waals surface area contributed by atoms with Gasteiger partial charge in [0.1, 0.15) is 0 Å². The van der Waals surface area contributed by atoms with Crippen molar-refractivity contribution in [2.24, 2.45) is 0 Å². The summed E-state index contributed by atoms with van der Waals surface area (Å²) in [7, 11) is 0. The lowest BCUT2D eigenvalue weighted by molar-refractivity contribution is 0.282. The van der Waals surface area contributed by atoms with Crippen LogP contribution in [-0.2, 0) is 0 Å². The second-order valence-corrected chi connectivity index (χ2v) is 4.62. The molecule has 0 aromatic rings. The van der Waals surface area contributed by atoms with E-state index in [4.69, 9.17) is 5.11 Å². The Bertz CT molecular complexity index is 89.6. The Kier molecular flexibility index (Phi) is 5.04. The number of hydrogen-bond acceptors (Lipinski definition) is 2. The second-order valence-electron chi connectivity index (χ2n) is 3.21. The zero-order valence-electron chi connectivity index (χ0n) is 7.09. The third kappa shape index (κ3) is 4.02. The summed E-state index contributed by atoms with van der Waals surface area (Å²) in [5.74, 6) is 1.36. The van der Waals surface area contributed by atoms with Gasteiger partial charge in [-0.05, 0) is 31.4 Å². The molecule has 1 nitrogen and oxygen atoms in total. The molecule has 1 aliphatic rings. The van der Waals surface area contributed by atoms with Gasteiger partial charge in [-0.25, -0.2) is 0 Å². The first-order chi connectivity index (χ1) is 5.43. The van der Waals surface area contributed by atoms with Crippen LogP contribution in [0, 0.1) is 0 Å². The van der Waals surface area contributed by atoms with Gasteiger partial charge in [-0.3, -0.25) is 0 Å². The number of aliphatic hydroxyl groups excluding tert-OH is 1. The zero-order valence-corrected chi connectivity index (χ0v) is 7.91. The normalized spacial score (nSPS) is 25.4. The topological polar surface area (TPSA) is 20.2 Å². The molecule has 2 heteroatoms. The summed E-state index contributed by atoms with van der Waals surface area (Å²) in [5, 5.41) is 9.50. The molecule has 1 atom stereocenters. The van der Waals surface area contributed by atoms with Gasteiger partial charge in [0.2, 0.25) is 0 Å². The van der Waals surface area contributed by atoms with Crippen LogP contribution in [0.1, 0.15) is 38.5 Å². The Balaban J connectivity index is 1.96. The fraction of sp³-hybridized carbons (Fsp3) is 1.00. The SMILES string of the molecule is OCCCCC1CCCCS1. The van der Waals surface area contributed by atoms with Crippen LogP contribution in [0.2, 0.25) is 0 Å². The molecule has 1 N–H and O–H groups in total. The maximum Gasteiger partial charge on any atom is 0.0431 e. The third-order valence-electron chi connectivity index (χ3n) is 2.21. The van der Waals surface area contributed by atoms with E-state index in [-0.39, 0.29) is 0 Å². The number of thioether (sulfide) groups is 1. The van der Waals surface area contributed by atoms with Crippen molar-refractivity contribution in [1.82, 2.24) is 0 Å². The molecule has 0 aromatic heterocycles. The Labute approximate surface area is 73.6 Å². The molecule has 0 aromatic carbocycles. The van der Waals surface area contributed by atoms with E-state index >= 15 is 0 Å². The summed E-state index contributed by atoms with van der Waals surface area (Å²) < 4.78 is 0. The van der Waals surface area contributed by atoms with E-state index in [2.05, 4.69) is 11.8 Å². The summed E-state index contributed by atoms with van der Waals surface area (Å²) in [6.45, 7) is 0.372. The van der Waals surface area contributed by atoms with E-state index < -0.39 is 0 Å². The molecule has 1 fully saturated rings. The molecule has 11 heavy (non-hydrogen) atoms. The zero-order chi connectivity index (χ0) is 7.94. The lowest BCUT2D eigenvalue weighted by Crippen LogP contribution is -2.09. The Morgan fingerprint density at radius 3 is 2.82 bits per heavy atom. The molecule has 1 unspecified atom stereocenters. The van der Waals surface area contributed by atoms with Gasteiger partial charge in [-0.1, -0.05) is 12.8 Å². The molecule has 0 spiro atoms. The highest BCUT2D eigenvalue weighted by atomic mass is 32.2. The molecule has 0 saturated carbocycles. The molecule has 66 valence electrons. The van der Waals surface area contributed by atoms with Crippen molar-refractivity contribution in [1.29, 1.82) is 0 Å². The highest BCUT2D eigenvalue weighted by Gasteiger charge is 2.12. The van der Waals surface area contributed by atoms with E-state index in [1.165, 1.54) is 37.9 Å². The Morgan fingerprint density at radius 1 is 1.27 bits per heavy atom. The average Bonchev–Trinajstić information content (AvgIpc) is 2.07. The van der Waals surface area contributed by atoms with Crippen molar-refractivity contribution in [3.8, 4) is 0 Å². The quantitative estimate of drug-likeness (QED) is 0.661. The molecule has 1 rings (SSSR count). The maximum absolute atomic E-state index is 8.59. The van der Waals surface area contributed by atoms with Crippen LogP contribution in [0.25, 0.3) is 0 Å². The fourth-order valence-electron chi connectivity index (χ4n) is 1.52. The minimum absolute atomic E-state index is 0.372. The number of hydrogen-bond donors (Lipinski definition) is 1. The molecular formula is C9H18OS. The number of rotatable bonds is 4. The van der Waals surface area contributed by atoms with Gasteiger partial charge in [0, 0.05) is 11.9 Å². The molecule has 0 aliphatic carbocycles. The van der Waals surface area contributed by atoms with Crippen molar-refractivity contribution in [3.05, 3.63) is 0 Å². The van der Waals surface area contributed by atoms with Crippen LogP contribution in [0.5, 0.6) is 0 Å². The molecule has 0 radical (unpaired) electrons. The lowest BCUT2D eigenvalue weighted by Gasteiger charge is -2.20. The molecular weight excluding hydrogens is 156 g/mol. The summed E-state index contributed by atoms with van der Waals surface area (Å²) >= 11 is 2.13. The first-order valence-electron chi connectivity index (χ1n) is 4.66. The summed E-state index contributed by atoms with van der Waals surface area (Å²) in [4.78, 5) is 0. The highest BCUT2D eigenvalue weighted by molar-refractivity contribution is 7.99. The van der Waals surface area contributed by atoms with E-state index in [9.17, 15) is 0 Å². The molecule has 1 aliphatic heterocycles. The van der Waals surface area contributed by atoms with Crippen LogP contribution in [0.3, 0.4) is 0 Å². The van der Waals surface area contributed by atoms with Gasteiger partial charge in [0.15, 0.2) is 0 Å². The van der Waals surface area contributed by atoms with Crippen LogP contribution >= 0.6 is 11.8 Å². The van der Waals surface area contributed by atoms with Crippen LogP contribution in [-0.4, -0.2) is 22.7 Å². The van der Waals surface area contributed by atoms with E-state index in [0.717, 1.165) is 11.7 Å². The predicted octanol–water partition coefficient (Wildman–Crippen LogP) is 2.43. The largest absolute Gasteiger partial charge is 0.396 e. The highest BCUT2D eigenvalue weighted by Crippen LogP contribution is 2.28. The van der Waals surface area contributed by atoms with Crippen molar-refractivity contribution in [2.75, 3.05) is 12.4 Å². The first kappa shape index (κ1) is 9.40. The molecule has 1 saturated heterocycles. The summed E-state index contributed by atoms with van der Waals surface area (Å²) in [5.41, 5.74) is 0. The van der Waals surface area contributed by atoms with Gasteiger partial charge in [-0.15, -0.1) is 0 Å². The standard InChI is InChI=1S/C9H18OS/c10-7-3-1-5-9-6-2-4-8-11-9/h9-10H,1-8H2. The van der Waals surface area contributed by atoms with E-state index in [1.807, 2.05) is 0 Å². The van der Waals surface area contributed by atoms with Crippen molar-refractivity contribution < 1.29 is 5.11 Å². The van der Waals surface area contributed by atoms with Crippen molar-refractivity contribution in [3.63, 3.8) is 0 Å². The Hall–Kier alpha value is 0.310. The minimum atomic E-state index is 0.372. The molecule has 0 bridgehead atoms. The van der Waals surface area contributed by atoms with Crippen LogP contribution in [0.4, 0.5) is 0 Å².